The molecule has 7 heteroatoms. The molecule has 0 atom stereocenters. The zero-order valence-corrected chi connectivity index (χ0v) is 17.1. The van der Waals surface area contributed by atoms with E-state index >= 15 is 0 Å². The number of carbonyl (C=O) groups is 3. The van der Waals surface area contributed by atoms with E-state index in [1.807, 2.05) is 19.9 Å². The fraction of sp³-hybridized carbons (Fsp3) is 0.125. The Hall–Kier alpha value is -4.00. The summed E-state index contributed by atoms with van der Waals surface area (Å²) in [6.07, 6.45) is 0. The molecular formula is C24H21FN2O4. The van der Waals surface area contributed by atoms with Gasteiger partial charge in [-0.1, -0.05) is 18.2 Å². The number of aryl methyl sites for hydroxylation is 2. The highest BCUT2D eigenvalue weighted by atomic mass is 19.1. The van der Waals surface area contributed by atoms with Gasteiger partial charge in [-0.2, -0.15) is 0 Å². The van der Waals surface area contributed by atoms with Crippen LogP contribution in [0.1, 0.15) is 31.8 Å². The molecule has 2 amide bonds. The number of carboxylic acid groups (broad SMARTS) is 1. The lowest BCUT2D eigenvalue weighted by molar-refractivity contribution is -0.114. The Morgan fingerprint density at radius 1 is 0.935 bits per heavy atom. The first-order chi connectivity index (χ1) is 14.8. The quantitative estimate of drug-likeness (QED) is 0.618. The molecule has 0 fully saturated rings. The maximum atomic E-state index is 14.3. The average molecular weight is 420 g/mol. The number of hydrogen-bond donors (Lipinski definition) is 2. The Labute approximate surface area is 178 Å². The lowest BCUT2D eigenvalue weighted by atomic mass is 10.1. The molecule has 0 heterocycles. The van der Waals surface area contributed by atoms with Gasteiger partial charge >= 0.3 is 5.97 Å². The third-order valence-corrected chi connectivity index (χ3v) is 4.87. The number of rotatable bonds is 6. The van der Waals surface area contributed by atoms with Crippen molar-refractivity contribution in [3.8, 4) is 0 Å². The molecule has 31 heavy (non-hydrogen) atoms. The van der Waals surface area contributed by atoms with Crippen molar-refractivity contribution in [3.05, 3.63) is 94.8 Å². The summed E-state index contributed by atoms with van der Waals surface area (Å²) in [5.41, 5.74) is 2.74. The maximum absolute atomic E-state index is 14.3. The molecule has 0 unspecified atom stereocenters. The monoisotopic (exact) mass is 420 g/mol. The van der Waals surface area contributed by atoms with Crippen molar-refractivity contribution in [2.24, 2.45) is 0 Å². The van der Waals surface area contributed by atoms with Crippen LogP contribution < -0.4 is 10.2 Å². The number of carbonyl (C=O) groups excluding carboxylic acids is 2. The van der Waals surface area contributed by atoms with E-state index in [0.717, 1.165) is 11.1 Å². The third-order valence-electron chi connectivity index (χ3n) is 4.87. The van der Waals surface area contributed by atoms with Gasteiger partial charge in [-0.25, -0.2) is 9.18 Å². The zero-order valence-electron chi connectivity index (χ0n) is 17.1. The van der Waals surface area contributed by atoms with Gasteiger partial charge in [0.05, 0.1) is 11.1 Å². The van der Waals surface area contributed by atoms with E-state index in [0.29, 0.717) is 11.4 Å². The molecule has 6 nitrogen and oxygen atoms in total. The van der Waals surface area contributed by atoms with Crippen molar-refractivity contribution in [2.45, 2.75) is 13.8 Å². The van der Waals surface area contributed by atoms with Crippen LogP contribution in [-0.2, 0) is 4.79 Å². The lowest BCUT2D eigenvalue weighted by Gasteiger charge is -2.23. The third kappa shape index (κ3) is 5.14. The largest absolute Gasteiger partial charge is 0.478 e. The van der Waals surface area contributed by atoms with E-state index < -0.39 is 23.6 Å². The Morgan fingerprint density at radius 2 is 1.61 bits per heavy atom. The van der Waals surface area contributed by atoms with Crippen LogP contribution in [0.5, 0.6) is 0 Å². The summed E-state index contributed by atoms with van der Waals surface area (Å²) in [4.78, 5) is 38.0. The van der Waals surface area contributed by atoms with Gasteiger partial charge in [0, 0.05) is 11.4 Å². The molecule has 0 radical (unpaired) electrons. The Balaban J connectivity index is 1.87. The highest BCUT2D eigenvalue weighted by Gasteiger charge is 2.23. The molecule has 2 N–H and O–H groups in total. The summed E-state index contributed by atoms with van der Waals surface area (Å²) >= 11 is 0. The Bertz CT molecular complexity index is 1140. The standard InChI is InChI=1S/C24H21FN2O4/c1-15-7-12-19(13-16(15)2)27(23(29)20-5-3-4-6-21(20)25)14-22(28)26-18-10-8-17(9-11-18)24(30)31/h3-13H,14H2,1-2H3,(H,26,28)(H,30,31). The second-order valence-corrected chi connectivity index (χ2v) is 7.07. The summed E-state index contributed by atoms with van der Waals surface area (Å²) in [6.45, 7) is 3.46. The van der Waals surface area contributed by atoms with E-state index in [-0.39, 0.29) is 17.7 Å². The number of carboxylic acids is 1. The number of hydrogen-bond acceptors (Lipinski definition) is 3. The topological polar surface area (TPSA) is 86.7 Å². The van der Waals surface area contributed by atoms with Gasteiger partial charge in [0.1, 0.15) is 12.4 Å². The molecule has 0 saturated carbocycles. The summed E-state index contributed by atoms with van der Waals surface area (Å²) in [5, 5.41) is 11.6. The highest BCUT2D eigenvalue weighted by molar-refractivity contribution is 6.10. The van der Waals surface area contributed by atoms with Crippen LogP contribution in [-0.4, -0.2) is 29.4 Å². The highest BCUT2D eigenvalue weighted by Crippen LogP contribution is 2.22. The molecule has 3 rings (SSSR count). The fourth-order valence-electron chi connectivity index (χ4n) is 2.99. The molecular weight excluding hydrogens is 399 g/mol. The van der Waals surface area contributed by atoms with Crippen LogP contribution in [0, 0.1) is 19.7 Å². The molecule has 0 aliphatic heterocycles. The van der Waals surface area contributed by atoms with E-state index in [4.69, 9.17) is 5.11 Å². The number of amides is 2. The Morgan fingerprint density at radius 3 is 2.23 bits per heavy atom. The molecule has 0 spiro atoms. The molecule has 3 aromatic rings. The van der Waals surface area contributed by atoms with Crippen molar-refractivity contribution >= 4 is 29.2 Å². The predicted molar refractivity (Wildman–Crippen MR) is 116 cm³/mol. The van der Waals surface area contributed by atoms with Gasteiger partial charge in [0.25, 0.3) is 5.91 Å². The number of anilines is 2. The van der Waals surface area contributed by atoms with Crippen molar-refractivity contribution in [2.75, 3.05) is 16.8 Å². The van der Waals surface area contributed by atoms with Gasteiger partial charge in [-0.3, -0.25) is 14.5 Å². The second-order valence-electron chi connectivity index (χ2n) is 7.07. The van der Waals surface area contributed by atoms with Gasteiger partial charge in [0.15, 0.2) is 0 Å². The number of benzene rings is 3. The fourth-order valence-corrected chi connectivity index (χ4v) is 2.99. The summed E-state index contributed by atoms with van der Waals surface area (Å²) < 4.78 is 14.3. The molecule has 0 aliphatic rings. The number of nitrogens with one attached hydrogen (secondary N) is 1. The van der Waals surface area contributed by atoms with E-state index in [1.165, 1.54) is 47.4 Å². The van der Waals surface area contributed by atoms with Crippen molar-refractivity contribution in [3.63, 3.8) is 0 Å². The molecule has 158 valence electrons. The van der Waals surface area contributed by atoms with Crippen molar-refractivity contribution in [1.29, 1.82) is 0 Å². The zero-order chi connectivity index (χ0) is 22.5. The molecule has 3 aromatic carbocycles. The second kappa shape index (κ2) is 9.21. The minimum Gasteiger partial charge on any atom is -0.478 e. The van der Waals surface area contributed by atoms with Crippen molar-refractivity contribution in [1.82, 2.24) is 0 Å². The average Bonchev–Trinajstić information content (AvgIpc) is 2.74. The van der Waals surface area contributed by atoms with E-state index in [9.17, 15) is 18.8 Å². The summed E-state index contributed by atoms with van der Waals surface area (Å²) in [7, 11) is 0. The minimum absolute atomic E-state index is 0.0875. The molecule has 0 saturated heterocycles. The first-order valence-corrected chi connectivity index (χ1v) is 9.53. The van der Waals surface area contributed by atoms with E-state index in [1.54, 1.807) is 18.2 Å². The molecule has 0 aromatic heterocycles. The smallest absolute Gasteiger partial charge is 0.335 e. The van der Waals surface area contributed by atoms with Crippen LogP contribution in [0.4, 0.5) is 15.8 Å². The SMILES string of the molecule is Cc1ccc(N(CC(=O)Nc2ccc(C(=O)O)cc2)C(=O)c2ccccc2F)cc1C. The Kier molecular flexibility index (Phi) is 6.45. The van der Waals surface area contributed by atoms with E-state index in [2.05, 4.69) is 5.32 Å². The first kappa shape index (κ1) is 21.7. The van der Waals surface area contributed by atoms with Crippen LogP contribution in [0.15, 0.2) is 66.7 Å². The van der Waals surface area contributed by atoms with Gasteiger partial charge in [-0.15, -0.1) is 0 Å². The molecule has 0 aliphatic carbocycles. The first-order valence-electron chi connectivity index (χ1n) is 9.53. The minimum atomic E-state index is -1.07. The number of nitrogens with zero attached hydrogens (tertiary/aromatic N) is 1. The normalized spacial score (nSPS) is 10.4. The predicted octanol–water partition coefficient (Wildman–Crippen LogP) is 4.43. The number of halogens is 1. The lowest BCUT2D eigenvalue weighted by Crippen LogP contribution is -2.38. The summed E-state index contributed by atoms with van der Waals surface area (Å²) in [6, 6.07) is 16.5. The maximum Gasteiger partial charge on any atom is 0.335 e. The number of aromatic carboxylic acids is 1. The van der Waals surface area contributed by atoms with Gasteiger partial charge in [0.2, 0.25) is 5.91 Å². The van der Waals surface area contributed by atoms with Gasteiger partial charge < -0.3 is 10.4 Å². The van der Waals surface area contributed by atoms with Crippen LogP contribution in [0.25, 0.3) is 0 Å². The summed E-state index contributed by atoms with van der Waals surface area (Å²) in [5.74, 6) is -2.90. The van der Waals surface area contributed by atoms with Crippen molar-refractivity contribution < 1.29 is 23.9 Å². The van der Waals surface area contributed by atoms with Crippen LogP contribution >= 0.6 is 0 Å². The van der Waals surface area contributed by atoms with Gasteiger partial charge in [-0.05, 0) is 73.5 Å². The van der Waals surface area contributed by atoms with Crippen LogP contribution in [0.3, 0.4) is 0 Å². The molecule has 0 bridgehead atoms. The van der Waals surface area contributed by atoms with Crippen LogP contribution in [0.2, 0.25) is 0 Å².